The van der Waals surface area contributed by atoms with E-state index in [-0.39, 0.29) is 6.10 Å². The van der Waals surface area contributed by atoms with E-state index in [0.29, 0.717) is 37.2 Å². The molecule has 2 rings (SSSR count). The van der Waals surface area contributed by atoms with Crippen molar-refractivity contribution in [2.75, 3.05) is 13.1 Å². The Morgan fingerprint density at radius 2 is 1.79 bits per heavy atom. The fourth-order valence-electron chi connectivity index (χ4n) is 2.02. The molecule has 1 aromatic carbocycles. The number of ether oxygens (including phenoxy) is 1. The lowest BCUT2D eigenvalue weighted by Gasteiger charge is -2.30. The summed E-state index contributed by atoms with van der Waals surface area (Å²) in [6, 6.07) is 6.60. The minimum Gasteiger partial charge on any atom is -0.490 e. The van der Waals surface area contributed by atoms with Crippen LogP contribution in [0.25, 0.3) is 0 Å². The Bertz CT molecular complexity index is 466. The lowest BCUT2D eigenvalue weighted by molar-refractivity contribution is 0.0895. The summed E-state index contributed by atoms with van der Waals surface area (Å²) in [6.45, 7) is 0.969. The molecule has 0 aliphatic carbocycles. The average molecular weight is 284 g/mol. The van der Waals surface area contributed by atoms with Gasteiger partial charge in [0, 0.05) is 31.5 Å². The van der Waals surface area contributed by atoms with Gasteiger partial charge in [-0.15, -0.1) is 0 Å². The van der Waals surface area contributed by atoms with Crippen LogP contribution in [0, 0.1) is 0 Å². The molecule has 1 fully saturated rings. The normalized spacial score (nSPS) is 16.2. The van der Waals surface area contributed by atoms with E-state index in [0.717, 1.165) is 0 Å². The van der Waals surface area contributed by atoms with Crippen molar-refractivity contribution >= 4 is 22.9 Å². The van der Waals surface area contributed by atoms with Crippen LogP contribution in [0.15, 0.2) is 24.3 Å². The van der Waals surface area contributed by atoms with E-state index in [9.17, 15) is 9.59 Å². The van der Waals surface area contributed by atoms with Gasteiger partial charge in [0.05, 0.1) is 0 Å². The zero-order valence-corrected chi connectivity index (χ0v) is 11.0. The molecule has 0 radical (unpaired) electrons. The SMILES string of the molecule is O=C(Cl)c1ccc(OC2CCN(C(=O)O)CC2)cc1. The Labute approximate surface area is 115 Å². The van der Waals surface area contributed by atoms with Crippen LogP contribution >= 0.6 is 11.6 Å². The summed E-state index contributed by atoms with van der Waals surface area (Å²) < 4.78 is 5.74. The summed E-state index contributed by atoms with van der Waals surface area (Å²) in [5.41, 5.74) is 0.426. The fraction of sp³-hybridized carbons (Fsp3) is 0.385. The van der Waals surface area contributed by atoms with Crippen LogP contribution in [0.3, 0.4) is 0 Å². The molecule has 1 aromatic rings. The van der Waals surface area contributed by atoms with Crippen LogP contribution in [0.2, 0.25) is 0 Å². The minimum atomic E-state index is -0.886. The number of likely N-dealkylation sites (tertiary alicyclic amines) is 1. The molecular formula is C13H14ClNO4. The lowest BCUT2D eigenvalue weighted by atomic mass is 10.1. The summed E-state index contributed by atoms with van der Waals surface area (Å²) in [5.74, 6) is 0.662. The maximum Gasteiger partial charge on any atom is 0.407 e. The molecule has 1 saturated heterocycles. The molecule has 0 spiro atoms. The van der Waals surface area contributed by atoms with E-state index >= 15 is 0 Å². The zero-order chi connectivity index (χ0) is 13.8. The van der Waals surface area contributed by atoms with Crippen LogP contribution in [0.1, 0.15) is 23.2 Å². The monoisotopic (exact) mass is 283 g/mol. The predicted octanol–water partition coefficient (Wildman–Crippen LogP) is 2.59. The van der Waals surface area contributed by atoms with Gasteiger partial charge in [-0.05, 0) is 35.9 Å². The number of rotatable bonds is 3. The molecule has 0 aromatic heterocycles. The van der Waals surface area contributed by atoms with Gasteiger partial charge in [0.25, 0.3) is 5.24 Å². The van der Waals surface area contributed by atoms with E-state index in [4.69, 9.17) is 21.4 Å². The van der Waals surface area contributed by atoms with Gasteiger partial charge >= 0.3 is 6.09 Å². The van der Waals surface area contributed by atoms with Crippen molar-refractivity contribution in [1.29, 1.82) is 0 Å². The van der Waals surface area contributed by atoms with Crippen LogP contribution in [-0.2, 0) is 0 Å². The highest BCUT2D eigenvalue weighted by molar-refractivity contribution is 6.67. The van der Waals surface area contributed by atoms with Gasteiger partial charge in [-0.1, -0.05) is 0 Å². The Hall–Kier alpha value is -1.75. The summed E-state index contributed by atoms with van der Waals surface area (Å²) in [7, 11) is 0. The third kappa shape index (κ3) is 3.61. The number of piperidine rings is 1. The number of hydrogen-bond acceptors (Lipinski definition) is 3. The molecule has 1 aliphatic heterocycles. The molecule has 19 heavy (non-hydrogen) atoms. The summed E-state index contributed by atoms with van der Waals surface area (Å²) >= 11 is 5.35. The van der Waals surface area contributed by atoms with Crippen LogP contribution in [0.5, 0.6) is 5.75 Å². The Morgan fingerprint density at radius 1 is 1.21 bits per heavy atom. The lowest BCUT2D eigenvalue weighted by Crippen LogP contribution is -2.41. The summed E-state index contributed by atoms with van der Waals surface area (Å²) in [4.78, 5) is 23.1. The molecule has 1 N–H and O–H groups in total. The third-order valence-electron chi connectivity index (χ3n) is 3.10. The number of halogens is 1. The first-order chi connectivity index (χ1) is 9.06. The van der Waals surface area contributed by atoms with Crippen LogP contribution < -0.4 is 4.74 Å². The van der Waals surface area contributed by atoms with Crippen molar-refractivity contribution < 1.29 is 19.4 Å². The second kappa shape index (κ2) is 5.93. The van der Waals surface area contributed by atoms with Gasteiger partial charge in [-0.25, -0.2) is 4.79 Å². The summed E-state index contributed by atoms with van der Waals surface area (Å²) in [6.07, 6.45) is 0.460. The quantitative estimate of drug-likeness (QED) is 0.866. The molecule has 1 heterocycles. The number of carbonyl (C=O) groups excluding carboxylic acids is 1. The molecule has 1 amide bonds. The third-order valence-corrected chi connectivity index (χ3v) is 3.31. The topological polar surface area (TPSA) is 66.8 Å². The van der Waals surface area contributed by atoms with Crippen molar-refractivity contribution in [1.82, 2.24) is 4.90 Å². The van der Waals surface area contributed by atoms with Crippen molar-refractivity contribution in [3.05, 3.63) is 29.8 Å². The number of nitrogens with zero attached hydrogens (tertiary/aromatic N) is 1. The van der Waals surface area contributed by atoms with E-state index < -0.39 is 11.3 Å². The Balaban J connectivity index is 1.88. The molecule has 0 unspecified atom stereocenters. The first-order valence-corrected chi connectivity index (χ1v) is 6.38. The van der Waals surface area contributed by atoms with E-state index in [1.165, 1.54) is 4.90 Å². The maximum atomic E-state index is 10.9. The Kier molecular flexibility index (Phi) is 4.27. The first-order valence-electron chi connectivity index (χ1n) is 6.00. The molecular weight excluding hydrogens is 270 g/mol. The standard InChI is InChI=1S/C13H14ClNO4/c14-12(16)9-1-3-10(4-2-9)19-11-5-7-15(8-6-11)13(17)18/h1-4,11H,5-8H2,(H,17,18). The minimum absolute atomic E-state index is 0.00755. The molecule has 0 saturated carbocycles. The molecule has 0 atom stereocenters. The number of amides is 1. The molecule has 0 bridgehead atoms. The van der Waals surface area contributed by atoms with Gasteiger partial charge in [-0.3, -0.25) is 4.79 Å². The highest BCUT2D eigenvalue weighted by Crippen LogP contribution is 2.20. The van der Waals surface area contributed by atoms with Gasteiger partial charge in [-0.2, -0.15) is 0 Å². The number of carbonyl (C=O) groups is 2. The van der Waals surface area contributed by atoms with Gasteiger partial charge < -0.3 is 14.7 Å². The predicted molar refractivity (Wildman–Crippen MR) is 69.9 cm³/mol. The average Bonchev–Trinajstić information content (AvgIpc) is 2.40. The van der Waals surface area contributed by atoms with E-state index in [1.54, 1.807) is 24.3 Å². The molecule has 102 valence electrons. The maximum absolute atomic E-state index is 10.9. The second-order valence-electron chi connectivity index (χ2n) is 4.38. The highest BCUT2D eigenvalue weighted by Gasteiger charge is 2.23. The van der Waals surface area contributed by atoms with Crippen LogP contribution in [-0.4, -0.2) is 40.5 Å². The Morgan fingerprint density at radius 3 is 2.26 bits per heavy atom. The molecule has 6 heteroatoms. The number of carboxylic acid groups (broad SMARTS) is 1. The largest absolute Gasteiger partial charge is 0.490 e. The van der Waals surface area contributed by atoms with Crippen LogP contribution in [0.4, 0.5) is 4.79 Å². The summed E-state index contributed by atoms with van der Waals surface area (Å²) in [5, 5.41) is 8.34. The molecule has 5 nitrogen and oxygen atoms in total. The number of benzene rings is 1. The van der Waals surface area contributed by atoms with Gasteiger partial charge in [0.1, 0.15) is 11.9 Å². The first kappa shape index (κ1) is 13.7. The number of hydrogen-bond donors (Lipinski definition) is 1. The van der Waals surface area contributed by atoms with Gasteiger partial charge in [0.15, 0.2) is 0 Å². The van der Waals surface area contributed by atoms with E-state index in [1.807, 2.05) is 0 Å². The second-order valence-corrected chi connectivity index (χ2v) is 4.73. The fourth-order valence-corrected chi connectivity index (χ4v) is 2.15. The highest BCUT2D eigenvalue weighted by atomic mass is 35.5. The van der Waals surface area contributed by atoms with Crippen molar-refractivity contribution in [3.63, 3.8) is 0 Å². The van der Waals surface area contributed by atoms with Gasteiger partial charge in [0.2, 0.25) is 0 Å². The van der Waals surface area contributed by atoms with Crippen molar-refractivity contribution in [3.8, 4) is 5.75 Å². The van der Waals surface area contributed by atoms with Crippen molar-refractivity contribution in [2.45, 2.75) is 18.9 Å². The van der Waals surface area contributed by atoms with Crippen molar-refractivity contribution in [2.24, 2.45) is 0 Å². The molecule has 1 aliphatic rings. The smallest absolute Gasteiger partial charge is 0.407 e. The zero-order valence-electron chi connectivity index (χ0n) is 10.2. The van der Waals surface area contributed by atoms with E-state index in [2.05, 4.69) is 0 Å².